The van der Waals surface area contributed by atoms with Gasteiger partial charge in [0.2, 0.25) is 0 Å². The molecule has 3 heterocycles. The number of anilines is 1. The van der Waals surface area contributed by atoms with E-state index < -0.39 is 0 Å². The minimum atomic E-state index is 0.157. The number of amides is 1. The van der Waals surface area contributed by atoms with Gasteiger partial charge in [0, 0.05) is 55.4 Å². The maximum Gasteiger partial charge on any atom is 0.253 e. The van der Waals surface area contributed by atoms with Gasteiger partial charge in [-0.15, -0.1) is 0 Å². The Balaban J connectivity index is 1.42. The van der Waals surface area contributed by atoms with Gasteiger partial charge < -0.3 is 15.1 Å². The van der Waals surface area contributed by atoms with Crippen molar-refractivity contribution in [3.05, 3.63) is 58.9 Å². The van der Waals surface area contributed by atoms with E-state index in [9.17, 15) is 4.79 Å². The highest BCUT2D eigenvalue weighted by atomic mass is 16.2. The molecule has 1 atom stereocenters. The van der Waals surface area contributed by atoms with Crippen molar-refractivity contribution in [3.8, 4) is 0 Å². The summed E-state index contributed by atoms with van der Waals surface area (Å²) in [5.74, 6) is 0.692. The van der Waals surface area contributed by atoms with Crippen molar-refractivity contribution in [2.24, 2.45) is 0 Å². The number of hydrogen-bond acceptors (Lipinski definition) is 4. The number of piperazine rings is 1. The van der Waals surface area contributed by atoms with Crippen LogP contribution in [0.4, 0.5) is 5.69 Å². The van der Waals surface area contributed by atoms with Gasteiger partial charge in [-0.3, -0.25) is 9.78 Å². The summed E-state index contributed by atoms with van der Waals surface area (Å²) in [6.45, 7) is 9.39. The molecule has 2 aliphatic heterocycles. The van der Waals surface area contributed by atoms with Crippen molar-refractivity contribution in [2.45, 2.75) is 26.2 Å². The Kier molecular flexibility index (Phi) is 5.12. The van der Waals surface area contributed by atoms with E-state index in [1.165, 1.54) is 11.3 Å². The number of benzene rings is 1. The molecule has 4 rings (SSSR count). The van der Waals surface area contributed by atoms with Crippen molar-refractivity contribution in [1.29, 1.82) is 0 Å². The highest BCUT2D eigenvalue weighted by Crippen LogP contribution is 2.24. The smallest absolute Gasteiger partial charge is 0.253 e. The molecule has 1 N–H and O–H groups in total. The van der Waals surface area contributed by atoms with E-state index >= 15 is 0 Å². The lowest BCUT2D eigenvalue weighted by Crippen LogP contribution is -2.48. The van der Waals surface area contributed by atoms with E-state index in [0.717, 1.165) is 62.6 Å². The normalized spacial score (nSPS) is 20.1. The fourth-order valence-electron chi connectivity index (χ4n) is 4.21. The number of carbonyl (C=O) groups excluding carboxylic acids is 1. The van der Waals surface area contributed by atoms with Crippen LogP contribution in [0.2, 0.25) is 0 Å². The standard InChI is InChI=1S/C22H28N4O/c1-16-12-21(13-17(2)24-16)25-8-10-26(11-9-25)22(27)19-5-3-4-18(14-19)20-6-7-23-15-20/h3-5,12-14,20,23H,6-11,15H2,1-2H3. The molecule has 1 aromatic carbocycles. The van der Waals surface area contributed by atoms with E-state index in [4.69, 9.17) is 0 Å². The Hall–Kier alpha value is -2.40. The summed E-state index contributed by atoms with van der Waals surface area (Å²) in [5, 5.41) is 3.41. The fraction of sp³-hybridized carbons (Fsp3) is 0.455. The number of nitrogens with one attached hydrogen (secondary N) is 1. The molecule has 142 valence electrons. The first kappa shape index (κ1) is 18.0. The summed E-state index contributed by atoms with van der Waals surface area (Å²) in [7, 11) is 0. The summed E-state index contributed by atoms with van der Waals surface area (Å²) in [4.78, 5) is 21.8. The van der Waals surface area contributed by atoms with Crippen molar-refractivity contribution in [1.82, 2.24) is 15.2 Å². The molecular weight excluding hydrogens is 336 g/mol. The number of hydrogen-bond donors (Lipinski definition) is 1. The molecule has 2 aromatic rings. The topological polar surface area (TPSA) is 48.5 Å². The first-order valence-electron chi connectivity index (χ1n) is 9.90. The summed E-state index contributed by atoms with van der Waals surface area (Å²) >= 11 is 0. The number of aryl methyl sites for hydroxylation is 2. The molecule has 2 saturated heterocycles. The zero-order chi connectivity index (χ0) is 18.8. The number of rotatable bonds is 3. The van der Waals surface area contributed by atoms with Gasteiger partial charge in [0.25, 0.3) is 5.91 Å². The van der Waals surface area contributed by atoms with Gasteiger partial charge in [-0.05, 0) is 62.6 Å². The molecule has 0 spiro atoms. The van der Waals surface area contributed by atoms with Crippen LogP contribution in [0, 0.1) is 13.8 Å². The van der Waals surface area contributed by atoms with Crippen LogP contribution in [0.25, 0.3) is 0 Å². The lowest BCUT2D eigenvalue weighted by molar-refractivity contribution is 0.0746. The van der Waals surface area contributed by atoms with Crippen LogP contribution < -0.4 is 10.2 Å². The van der Waals surface area contributed by atoms with Gasteiger partial charge in [-0.25, -0.2) is 0 Å². The van der Waals surface area contributed by atoms with Gasteiger partial charge in [0.15, 0.2) is 0 Å². The highest BCUT2D eigenvalue weighted by Gasteiger charge is 2.24. The molecule has 1 aromatic heterocycles. The van der Waals surface area contributed by atoms with Gasteiger partial charge >= 0.3 is 0 Å². The van der Waals surface area contributed by atoms with Crippen molar-refractivity contribution in [2.75, 3.05) is 44.2 Å². The van der Waals surface area contributed by atoms with E-state index in [0.29, 0.717) is 5.92 Å². The summed E-state index contributed by atoms with van der Waals surface area (Å²) in [5.41, 5.74) is 5.40. The molecule has 1 unspecified atom stereocenters. The maximum absolute atomic E-state index is 13.0. The van der Waals surface area contributed by atoms with Crippen LogP contribution in [0.1, 0.15) is 39.6 Å². The first-order valence-corrected chi connectivity index (χ1v) is 9.90. The van der Waals surface area contributed by atoms with E-state index in [1.807, 2.05) is 30.9 Å². The lowest BCUT2D eigenvalue weighted by atomic mass is 9.96. The predicted molar refractivity (Wildman–Crippen MR) is 108 cm³/mol. The average molecular weight is 364 g/mol. The first-order chi connectivity index (χ1) is 13.1. The number of pyridine rings is 1. The maximum atomic E-state index is 13.0. The second kappa shape index (κ2) is 7.69. The molecule has 5 nitrogen and oxygen atoms in total. The molecule has 0 radical (unpaired) electrons. The second-order valence-electron chi connectivity index (χ2n) is 7.70. The minimum Gasteiger partial charge on any atom is -0.368 e. The Labute approximate surface area is 161 Å². The molecular formula is C22H28N4O. The Bertz CT molecular complexity index is 801. The second-order valence-corrected chi connectivity index (χ2v) is 7.70. The molecule has 0 aliphatic carbocycles. The van der Waals surface area contributed by atoms with E-state index in [-0.39, 0.29) is 5.91 Å². The molecule has 2 aliphatic rings. The van der Waals surface area contributed by atoms with E-state index in [2.05, 4.69) is 39.5 Å². The van der Waals surface area contributed by atoms with Crippen LogP contribution in [-0.4, -0.2) is 55.1 Å². The molecule has 0 bridgehead atoms. The molecule has 0 saturated carbocycles. The third kappa shape index (κ3) is 3.98. The number of carbonyl (C=O) groups is 1. The number of aromatic nitrogens is 1. The third-order valence-corrected chi connectivity index (χ3v) is 5.66. The summed E-state index contributed by atoms with van der Waals surface area (Å²) in [6.07, 6.45) is 1.15. The zero-order valence-electron chi connectivity index (χ0n) is 16.2. The number of nitrogens with zero attached hydrogens (tertiary/aromatic N) is 3. The quantitative estimate of drug-likeness (QED) is 0.910. The molecule has 27 heavy (non-hydrogen) atoms. The average Bonchev–Trinajstić information content (AvgIpc) is 3.22. The van der Waals surface area contributed by atoms with Crippen LogP contribution >= 0.6 is 0 Å². The van der Waals surface area contributed by atoms with Gasteiger partial charge in [0.05, 0.1) is 0 Å². The molecule has 5 heteroatoms. The Morgan fingerprint density at radius 3 is 2.48 bits per heavy atom. The minimum absolute atomic E-state index is 0.157. The van der Waals surface area contributed by atoms with Gasteiger partial charge in [-0.2, -0.15) is 0 Å². The third-order valence-electron chi connectivity index (χ3n) is 5.66. The van der Waals surface area contributed by atoms with Crippen LogP contribution in [0.3, 0.4) is 0 Å². The van der Waals surface area contributed by atoms with Crippen LogP contribution in [-0.2, 0) is 0 Å². The largest absolute Gasteiger partial charge is 0.368 e. The monoisotopic (exact) mass is 364 g/mol. The van der Waals surface area contributed by atoms with Crippen LogP contribution in [0.5, 0.6) is 0 Å². The summed E-state index contributed by atoms with van der Waals surface area (Å²) in [6, 6.07) is 12.5. The SMILES string of the molecule is Cc1cc(N2CCN(C(=O)c3cccc(C4CCNC4)c3)CC2)cc(C)n1. The van der Waals surface area contributed by atoms with Crippen molar-refractivity contribution < 1.29 is 4.79 Å². The van der Waals surface area contributed by atoms with Crippen molar-refractivity contribution >= 4 is 11.6 Å². The Morgan fingerprint density at radius 1 is 1.07 bits per heavy atom. The lowest BCUT2D eigenvalue weighted by Gasteiger charge is -2.36. The van der Waals surface area contributed by atoms with Gasteiger partial charge in [0.1, 0.15) is 0 Å². The summed E-state index contributed by atoms with van der Waals surface area (Å²) < 4.78 is 0. The molecule has 1 amide bonds. The van der Waals surface area contributed by atoms with Crippen LogP contribution in [0.15, 0.2) is 36.4 Å². The highest BCUT2D eigenvalue weighted by molar-refractivity contribution is 5.94. The molecule has 2 fully saturated rings. The zero-order valence-corrected chi connectivity index (χ0v) is 16.2. The Morgan fingerprint density at radius 2 is 1.81 bits per heavy atom. The van der Waals surface area contributed by atoms with Crippen molar-refractivity contribution in [3.63, 3.8) is 0 Å². The van der Waals surface area contributed by atoms with Gasteiger partial charge in [-0.1, -0.05) is 12.1 Å². The predicted octanol–water partition coefficient (Wildman–Crippen LogP) is 2.74. The van der Waals surface area contributed by atoms with E-state index in [1.54, 1.807) is 0 Å². The fourth-order valence-corrected chi connectivity index (χ4v) is 4.21.